The van der Waals surface area contributed by atoms with Crippen molar-refractivity contribution >= 4 is 27.2 Å². The lowest BCUT2D eigenvalue weighted by atomic mass is 10.1. The van der Waals surface area contributed by atoms with Crippen LogP contribution in [-0.2, 0) is 0 Å². The smallest absolute Gasteiger partial charge is 0.148 e. The van der Waals surface area contributed by atoms with E-state index in [9.17, 15) is 0 Å². The Kier molecular flexibility index (Phi) is 2.49. The summed E-state index contributed by atoms with van der Waals surface area (Å²) in [6.07, 6.45) is 0. The summed E-state index contributed by atoms with van der Waals surface area (Å²) in [6, 6.07) is 12.3. The molecule has 1 aromatic carbocycles. The molecule has 1 N–H and O–H groups in total. The lowest BCUT2D eigenvalue weighted by molar-refractivity contribution is 1.04. The molecule has 4 heteroatoms. The largest absolute Gasteiger partial charge is 0.372 e. The molecule has 0 atom stereocenters. The zero-order chi connectivity index (χ0) is 11.7. The number of hydrogen-bond acceptors (Lipinski definition) is 4. The van der Waals surface area contributed by atoms with Crippen molar-refractivity contribution in [2.75, 3.05) is 12.4 Å². The second kappa shape index (κ2) is 4.14. The molecule has 84 valence electrons. The fourth-order valence-corrected chi connectivity index (χ4v) is 2.74. The van der Waals surface area contributed by atoms with E-state index < -0.39 is 0 Å². The van der Waals surface area contributed by atoms with Crippen molar-refractivity contribution in [3.63, 3.8) is 0 Å². The molecule has 0 bridgehead atoms. The molecule has 0 saturated carbocycles. The van der Waals surface area contributed by atoms with Crippen LogP contribution in [0.3, 0.4) is 0 Å². The van der Waals surface area contributed by atoms with Gasteiger partial charge in [0.25, 0.3) is 0 Å². The first-order chi connectivity index (χ1) is 8.38. The lowest BCUT2D eigenvalue weighted by Gasteiger charge is -2.00. The molecule has 0 aliphatic heterocycles. The van der Waals surface area contributed by atoms with E-state index in [1.54, 1.807) is 11.3 Å². The average molecular weight is 241 g/mol. The molecule has 17 heavy (non-hydrogen) atoms. The van der Waals surface area contributed by atoms with E-state index in [0.29, 0.717) is 0 Å². The highest BCUT2D eigenvalue weighted by atomic mass is 32.1. The van der Waals surface area contributed by atoms with Gasteiger partial charge in [0.15, 0.2) is 0 Å². The van der Waals surface area contributed by atoms with Gasteiger partial charge in [0, 0.05) is 28.1 Å². The number of aromatic nitrogens is 2. The van der Waals surface area contributed by atoms with Crippen LogP contribution in [0.4, 0.5) is 5.82 Å². The number of nitrogens with zero attached hydrogens (tertiary/aromatic N) is 2. The van der Waals surface area contributed by atoms with E-state index in [1.807, 2.05) is 25.2 Å². The summed E-state index contributed by atoms with van der Waals surface area (Å²) in [6.45, 7) is 0. The normalized spacial score (nSPS) is 10.6. The maximum absolute atomic E-state index is 4.24. The molecule has 0 radical (unpaired) electrons. The number of rotatable bonds is 2. The Hall–Kier alpha value is -1.94. The second-order valence-corrected chi connectivity index (χ2v) is 4.61. The van der Waals surface area contributed by atoms with Crippen LogP contribution in [0.15, 0.2) is 41.8 Å². The van der Waals surface area contributed by atoms with Crippen LogP contribution in [0.1, 0.15) is 0 Å². The number of thiophene rings is 1. The Morgan fingerprint density at radius 1 is 1.06 bits per heavy atom. The standard InChI is InChI=1S/C13H11N3S/c1-14-13-7-6-11(15-16-13)10-8-17-12-5-3-2-4-9(10)12/h2-8H,1H3,(H,14,16). The van der Waals surface area contributed by atoms with E-state index in [-0.39, 0.29) is 0 Å². The molecule has 0 amide bonds. The zero-order valence-electron chi connectivity index (χ0n) is 9.34. The minimum Gasteiger partial charge on any atom is -0.372 e. The Balaban J connectivity index is 2.13. The van der Waals surface area contributed by atoms with E-state index in [2.05, 4.69) is 39.1 Å². The highest BCUT2D eigenvalue weighted by Gasteiger charge is 2.07. The van der Waals surface area contributed by atoms with Crippen LogP contribution in [0.5, 0.6) is 0 Å². The molecule has 2 aromatic heterocycles. The lowest BCUT2D eigenvalue weighted by Crippen LogP contribution is -1.94. The Morgan fingerprint density at radius 3 is 2.71 bits per heavy atom. The van der Waals surface area contributed by atoms with Crippen molar-refractivity contribution in [1.29, 1.82) is 0 Å². The van der Waals surface area contributed by atoms with Gasteiger partial charge in [0.2, 0.25) is 0 Å². The Morgan fingerprint density at radius 2 is 1.94 bits per heavy atom. The van der Waals surface area contributed by atoms with Crippen LogP contribution in [0, 0.1) is 0 Å². The van der Waals surface area contributed by atoms with Gasteiger partial charge in [-0.1, -0.05) is 18.2 Å². The van der Waals surface area contributed by atoms with Gasteiger partial charge in [0.1, 0.15) is 5.82 Å². The predicted octanol–water partition coefficient (Wildman–Crippen LogP) is 3.40. The first kappa shape index (κ1) is 10.2. The Bertz CT molecular complexity index is 643. The minimum atomic E-state index is 0.785. The molecule has 3 nitrogen and oxygen atoms in total. The van der Waals surface area contributed by atoms with Gasteiger partial charge in [-0.25, -0.2) is 0 Å². The fourth-order valence-electron chi connectivity index (χ4n) is 1.79. The van der Waals surface area contributed by atoms with Crippen LogP contribution in [0.2, 0.25) is 0 Å². The number of anilines is 1. The van der Waals surface area contributed by atoms with E-state index in [4.69, 9.17) is 0 Å². The van der Waals surface area contributed by atoms with Gasteiger partial charge in [-0.15, -0.1) is 21.5 Å². The molecule has 0 unspecified atom stereocenters. The van der Waals surface area contributed by atoms with Crippen molar-refractivity contribution in [2.45, 2.75) is 0 Å². The molecule has 3 rings (SSSR count). The molecule has 0 aliphatic carbocycles. The highest BCUT2D eigenvalue weighted by molar-refractivity contribution is 7.17. The van der Waals surface area contributed by atoms with E-state index >= 15 is 0 Å². The maximum atomic E-state index is 4.24. The third-order valence-electron chi connectivity index (χ3n) is 2.68. The summed E-state index contributed by atoms with van der Waals surface area (Å²) in [7, 11) is 1.84. The maximum Gasteiger partial charge on any atom is 0.148 e. The number of hydrogen-bond donors (Lipinski definition) is 1. The summed E-state index contributed by atoms with van der Waals surface area (Å²) >= 11 is 1.74. The molecular formula is C13H11N3S. The van der Waals surface area contributed by atoms with Crippen molar-refractivity contribution in [1.82, 2.24) is 10.2 Å². The van der Waals surface area contributed by atoms with E-state index in [0.717, 1.165) is 17.1 Å². The fraction of sp³-hybridized carbons (Fsp3) is 0.0769. The number of nitrogens with one attached hydrogen (secondary N) is 1. The molecule has 0 spiro atoms. The predicted molar refractivity (Wildman–Crippen MR) is 72.4 cm³/mol. The van der Waals surface area contributed by atoms with Crippen molar-refractivity contribution in [3.8, 4) is 11.3 Å². The summed E-state index contributed by atoms with van der Waals surface area (Å²) in [5, 5.41) is 14.7. The van der Waals surface area contributed by atoms with Crippen molar-refractivity contribution in [2.24, 2.45) is 0 Å². The number of benzene rings is 1. The summed E-state index contributed by atoms with van der Waals surface area (Å²) in [5.41, 5.74) is 2.07. The third kappa shape index (κ3) is 1.76. The molecule has 0 aliphatic rings. The third-order valence-corrected chi connectivity index (χ3v) is 3.64. The average Bonchev–Trinajstić information content (AvgIpc) is 2.83. The number of fused-ring (bicyclic) bond motifs is 1. The summed E-state index contributed by atoms with van der Waals surface area (Å²) in [5.74, 6) is 0.785. The Labute approximate surface area is 103 Å². The molecule has 0 saturated heterocycles. The van der Waals surface area contributed by atoms with Gasteiger partial charge in [0.05, 0.1) is 5.69 Å². The molecule has 0 fully saturated rings. The quantitative estimate of drug-likeness (QED) is 0.747. The van der Waals surface area contributed by atoms with Crippen LogP contribution < -0.4 is 5.32 Å². The van der Waals surface area contributed by atoms with Crippen LogP contribution >= 0.6 is 11.3 Å². The van der Waals surface area contributed by atoms with Gasteiger partial charge < -0.3 is 5.32 Å². The topological polar surface area (TPSA) is 37.8 Å². The minimum absolute atomic E-state index is 0.785. The van der Waals surface area contributed by atoms with E-state index in [1.165, 1.54) is 10.1 Å². The highest BCUT2D eigenvalue weighted by Crippen LogP contribution is 2.32. The molecule has 2 heterocycles. The van der Waals surface area contributed by atoms with Gasteiger partial charge in [-0.05, 0) is 18.2 Å². The van der Waals surface area contributed by atoms with Gasteiger partial charge in [-0.3, -0.25) is 0 Å². The summed E-state index contributed by atoms with van der Waals surface area (Å²) in [4.78, 5) is 0. The zero-order valence-corrected chi connectivity index (χ0v) is 10.2. The second-order valence-electron chi connectivity index (χ2n) is 3.70. The first-order valence-corrected chi connectivity index (χ1v) is 6.24. The van der Waals surface area contributed by atoms with Gasteiger partial charge in [-0.2, -0.15) is 0 Å². The van der Waals surface area contributed by atoms with Crippen molar-refractivity contribution in [3.05, 3.63) is 41.8 Å². The van der Waals surface area contributed by atoms with Gasteiger partial charge >= 0.3 is 0 Å². The van der Waals surface area contributed by atoms with Crippen molar-refractivity contribution < 1.29 is 0 Å². The van der Waals surface area contributed by atoms with Crippen LogP contribution in [0.25, 0.3) is 21.3 Å². The monoisotopic (exact) mass is 241 g/mol. The first-order valence-electron chi connectivity index (χ1n) is 5.36. The molecular weight excluding hydrogens is 230 g/mol. The van der Waals surface area contributed by atoms with Crippen LogP contribution in [-0.4, -0.2) is 17.2 Å². The summed E-state index contributed by atoms with van der Waals surface area (Å²) < 4.78 is 1.28. The SMILES string of the molecule is CNc1ccc(-c2csc3ccccc23)nn1. The molecule has 3 aromatic rings.